The Hall–Kier alpha value is -0.380. The minimum absolute atomic E-state index is 0.246. The van der Waals surface area contributed by atoms with Crippen LogP contribution in [0.5, 0.6) is 0 Å². The SMILES string of the molecule is Cc1ccsc1C1CNCC(CC(C)(C)C)O1. The van der Waals surface area contributed by atoms with E-state index >= 15 is 0 Å². The molecule has 2 unspecified atom stereocenters. The first-order valence-corrected chi connectivity index (χ1v) is 7.24. The number of morpholine rings is 1. The molecule has 0 amide bonds. The van der Waals surface area contributed by atoms with Gasteiger partial charge in [0.25, 0.3) is 0 Å². The van der Waals surface area contributed by atoms with Crippen LogP contribution in [0.25, 0.3) is 0 Å². The van der Waals surface area contributed by atoms with Crippen LogP contribution in [0, 0.1) is 12.3 Å². The summed E-state index contributed by atoms with van der Waals surface area (Å²) in [5, 5.41) is 5.66. The Morgan fingerprint density at radius 2 is 2.18 bits per heavy atom. The molecule has 1 aromatic heterocycles. The number of aryl methyl sites for hydroxylation is 1. The zero-order chi connectivity index (χ0) is 12.5. The third-order valence-electron chi connectivity index (χ3n) is 3.09. The quantitative estimate of drug-likeness (QED) is 0.870. The normalized spacial score (nSPS) is 26.1. The standard InChI is InChI=1S/C14H23NOS/c1-10-5-6-17-13(10)12-9-15-8-11(16-12)7-14(2,3)4/h5-6,11-12,15H,7-9H2,1-4H3. The number of thiophene rings is 1. The fraction of sp³-hybridized carbons (Fsp3) is 0.714. The Bertz CT molecular complexity index is 367. The van der Waals surface area contributed by atoms with Crippen molar-refractivity contribution in [2.45, 2.75) is 46.3 Å². The summed E-state index contributed by atoms with van der Waals surface area (Å²) in [6, 6.07) is 2.18. The topological polar surface area (TPSA) is 21.3 Å². The molecule has 3 heteroatoms. The van der Waals surface area contributed by atoms with E-state index in [2.05, 4.69) is 44.5 Å². The van der Waals surface area contributed by atoms with Gasteiger partial charge < -0.3 is 10.1 Å². The Labute approximate surface area is 108 Å². The molecule has 0 aromatic carbocycles. The summed E-state index contributed by atoms with van der Waals surface area (Å²) in [6.07, 6.45) is 1.70. The predicted molar refractivity (Wildman–Crippen MR) is 73.6 cm³/mol. The third kappa shape index (κ3) is 3.54. The highest BCUT2D eigenvalue weighted by Gasteiger charge is 2.28. The smallest absolute Gasteiger partial charge is 0.105 e. The Balaban J connectivity index is 2.00. The molecule has 0 aliphatic carbocycles. The van der Waals surface area contributed by atoms with E-state index < -0.39 is 0 Å². The molecule has 2 heterocycles. The first-order chi connectivity index (χ1) is 7.96. The molecule has 1 saturated heterocycles. The summed E-state index contributed by atoms with van der Waals surface area (Å²) in [5.41, 5.74) is 1.69. The van der Waals surface area contributed by atoms with E-state index in [0.29, 0.717) is 11.5 Å². The van der Waals surface area contributed by atoms with E-state index in [4.69, 9.17) is 4.74 Å². The van der Waals surface area contributed by atoms with E-state index in [1.54, 1.807) is 0 Å². The van der Waals surface area contributed by atoms with E-state index in [1.165, 1.54) is 10.4 Å². The fourth-order valence-electron chi connectivity index (χ4n) is 2.38. The molecule has 17 heavy (non-hydrogen) atoms. The lowest BCUT2D eigenvalue weighted by molar-refractivity contribution is -0.0538. The summed E-state index contributed by atoms with van der Waals surface area (Å²) in [4.78, 5) is 1.39. The molecule has 0 saturated carbocycles. The largest absolute Gasteiger partial charge is 0.367 e. The number of hydrogen-bond acceptors (Lipinski definition) is 3. The van der Waals surface area contributed by atoms with Crippen molar-refractivity contribution in [1.82, 2.24) is 5.32 Å². The highest BCUT2D eigenvalue weighted by atomic mass is 32.1. The average molecular weight is 253 g/mol. The van der Waals surface area contributed by atoms with Crippen LogP contribution < -0.4 is 5.32 Å². The molecule has 2 atom stereocenters. The summed E-state index contributed by atoms with van der Waals surface area (Å²) < 4.78 is 6.24. The van der Waals surface area contributed by atoms with E-state index in [0.717, 1.165) is 19.5 Å². The van der Waals surface area contributed by atoms with Crippen molar-refractivity contribution in [3.63, 3.8) is 0 Å². The zero-order valence-electron chi connectivity index (χ0n) is 11.2. The van der Waals surface area contributed by atoms with Crippen molar-refractivity contribution in [2.75, 3.05) is 13.1 Å². The van der Waals surface area contributed by atoms with Crippen molar-refractivity contribution in [2.24, 2.45) is 5.41 Å². The second kappa shape index (κ2) is 5.09. The molecule has 1 aliphatic heterocycles. The van der Waals surface area contributed by atoms with Gasteiger partial charge in [-0.3, -0.25) is 0 Å². The summed E-state index contributed by atoms with van der Waals surface area (Å²) in [7, 11) is 0. The van der Waals surface area contributed by atoms with Gasteiger partial charge in [-0.2, -0.15) is 0 Å². The summed E-state index contributed by atoms with van der Waals surface area (Å²) in [5.74, 6) is 0. The Morgan fingerprint density at radius 3 is 2.76 bits per heavy atom. The second-order valence-corrected chi connectivity index (χ2v) is 7.09. The van der Waals surface area contributed by atoms with Gasteiger partial charge in [0, 0.05) is 18.0 Å². The van der Waals surface area contributed by atoms with Crippen LogP contribution in [0.2, 0.25) is 0 Å². The summed E-state index contributed by atoms with van der Waals surface area (Å²) in [6.45, 7) is 10.9. The molecule has 2 nitrogen and oxygen atoms in total. The number of nitrogens with one attached hydrogen (secondary N) is 1. The molecule has 1 fully saturated rings. The molecule has 1 N–H and O–H groups in total. The van der Waals surface area contributed by atoms with Gasteiger partial charge in [0.05, 0.1) is 6.10 Å². The highest BCUT2D eigenvalue weighted by molar-refractivity contribution is 7.10. The van der Waals surface area contributed by atoms with Gasteiger partial charge in [-0.1, -0.05) is 20.8 Å². The van der Waals surface area contributed by atoms with Crippen LogP contribution in [0.3, 0.4) is 0 Å². The zero-order valence-corrected chi connectivity index (χ0v) is 12.1. The Morgan fingerprint density at radius 1 is 1.41 bits per heavy atom. The van der Waals surface area contributed by atoms with Crippen molar-refractivity contribution >= 4 is 11.3 Å². The van der Waals surface area contributed by atoms with Gasteiger partial charge in [-0.15, -0.1) is 11.3 Å². The minimum atomic E-state index is 0.246. The van der Waals surface area contributed by atoms with Gasteiger partial charge in [0.1, 0.15) is 6.10 Å². The van der Waals surface area contributed by atoms with Gasteiger partial charge in [-0.25, -0.2) is 0 Å². The number of rotatable bonds is 2. The molecule has 0 bridgehead atoms. The maximum atomic E-state index is 6.24. The van der Waals surface area contributed by atoms with Crippen molar-refractivity contribution in [3.8, 4) is 0 Å². The minimum Gasteiger partial charge on any atom is -0.367 e. The number of ether oxygens (including phenoxy) is 1. The van der Waals surface area contributed by atoms with Crippen LogP contribution in [0.1, 0.15) is 43.7 Å². The van der Waals surface area contributed by atoms with Crippen LogP contribution in [0.15, 0.2) is 11.4 Å². The van der Waals surface area contributed by atoms with Crippen molar-refractivity contribution in [3.05, 3.63) is 21.9 Å². The maximum absolute atomic E-state index is 6.24. The van der Waals surface area contributed by atoms with Gasteiger partial charge in [0.2, 0.25) is 0 Å². The lowest BCUT2D eigenvalue weighted by Gasteiger charge is -2.34. The lowest BCUT2D eigenvalue weighted by atomic mass is 9.88. The van der Waals surface area contributed by atoms with E-state index in [9.17, 15) is 0 Å². The summed E-state index contributed by atoms with van der Waals surface area (Å²) >= 11 is 1.81. The fourth-order valence-corrected chi connectivity index (χ4v) is 3.34. The average Bonchev–Trinajstić information content (AvgIpc) is 2.62. The van der Waals surface area contributed by atoms with Crippen LogP contribution in [-0.4, -0.2) is 19.2 Å². The number of hydrogen-bond donors (Lipinski definition) is 1. The predicted octanol–water partition coefficient (Wildman–Crippen LogP) is 3.52. The van der Waals surface area contributed by atoms with Gasteiger partial charge >= 0.3 is 0 Å². The monoisotopic (exact) mass is 253 g/mol. The molecule has 2 rings (SSSR count). The third-order valence-corrected chi connectivity index (χ3v) is 4.20. The molecular formula is C14H23NOS. The second-order valence-electron chi connectivity index (χ2n) is 6.14. The van der Waals surface area contributed by atoms with E-state index in [1.807, 2.05) is 11.3 Å². The molecule has 0 spiro atoms. The van der Waals surface area contributed by atoms with Crippen LogP contribution in [0.4, 0.5) is 0 Å². The van der Waals surface area contributed by atoms with Crippen LogP contribution >= 0.6 is 11.3 Å². The van der Waals surface area contributed by atoms with E-state index in [-0.39, 0.29) is 6.10 Å². The van der Waals surface area contributed by atoms with Gasteiger partial charge in [-0.05, 0) is 35.8 Å². The Kier molecular flexibility index (Phi) is 3.91. The molecular weight excluding hydrogens is 230 g/mol. The van der Waals surface area contributed by atoms with Crippen LogP contribution in [-0.2, 0) is 4.74 Å². The van der Waals surface area contributed by atoms with Gasteiger partial charge in [0.15, 0.2) is 0 Å². The van der Waals surface area contributed by atoms with Crippen molar-refractivity contribution < 1.29 is 4.74 Å². The molecule has 0 radical (unpaired) electrons. The molecule has 96 valence electrons. The first kappa shape index (κ1) is 13.1. The molecule has 1 aromatic rings. The maximum Gasteiger partial charge on any atom is 0.105 e. The highest BCUT2D eigenvalue weighted by Crippen LogP contribution is 2.32. The van der Waals surface area contributed by atoms with Crippen molar-refractivity contribution in [1.29, 1.82) is 0 Å². The first-order valence-electron chi connectivity index (χ1n) is 6.36. The molecule has 1 aliphatic rings. The lowest BCUT2D eigenvalue weighted by Crippen LogP contribution is -2.42.